The highest BCUT2D eigenvalue weighted by atomic mass is 32.1. The van der Waals surface area contributed by atoms with Crippen molar-refractivity contribution < 1.29 is 18.3 Å². The maximum atomic E-state index is 14.1. The molecule has 0 N–H and O–H groups in total. The molecule has 0 spiro atoms. The third-order valence-electron chi connectivity index (χ3n) is 3.11. The zero-order valence-corrected chi connectivity index (χ0v) is 12.9. The Morgan fingerprint density at radius 3 is 2.78 bits per heavy atom. The Morgan fingerprint density at radius 2 is 2.13 bits per heavy atom. The summed E-state index contributed by atoms with van der Waals surface area (Å²) >= 11 is 1.44. The minimum absolute atomic E-state index is 0.0164. The van der Waals surface area contributed by atoms with E-state index in [9.17, 15) is 13.6 Å². The first-order chi connectivity index (χ1) is 11.1. The molecule has 0 saturated carbocycles. The fourth-order valence-corrected chi connectivity index (χ4v) is 2.79. The van der Waals surface area contributed by atoms with Gasteiger partial charge in [0.1, 0.15) is 17.2 Å². The molecule has 4 nitrogen and oxygen atoms in total. The lowest BCUT2D eigenvalue weighted by Gasteiger charge is -2.07. The van der Waals surface area contributed by atoms with Gasteiger partial charge in [0, 0.05) is 12.1 Å². The van der Waals surface area contributed by atoms with Crippen LogP contribution in [0.1, 0.15) is 17.4 Å². The summed E-state index contributed by atoms with van der Waals surface area (Å²) in [7, 11) is 0. The van der Waals surface area contributed by atoms with E-state index in [4.69, 9.17) is 4.74 Å². The van der Waals surface area contributed by atoms with Crippen LogP contribution in [-0.4, -0.2) is 22.4 Å². The molecule has 7 heteroatoms. The van der Waals surface area contributed by atoms with Crippen molar-refractivity contribution in [1.29, 1.82) is 0 Å². The summed E-state index contributed by atoms with van der Waals surface area (Å²) in [6.07, 6.45) is 0. The smallest absolute Gasteiger partial charge is 0.357 e. The zero-order chi connectivity index (χ0) is 16.4. The Kier molecular flexibility index (Phi) is 4.20. The number of carbonyl (C=O) groups is 1. The van der Waals surface area contributed by atoms with Crippen LogP contribution >= 0.6 is 11.3 Å². The van der Waals surface area contributed by atoms with Crippen molar-refractivity contribution in [2.24, 2.45) is 0 Å². The summed E-state index contributed by atoms with van der Waals surface area (Å²) in [5, 5.41) is 6.15. The van der Waals surface area contributed by atoms with Crippen molar-refractivity contribution in [2.45, 2.75) is 6.92 Å². The van der Waals surface area contributed by atoms with Crippen LogP contribution in [0.2, 0.25) is 0 Å². The van der Waals surface area contributed by atoms with E-state index in [1.165, 1.54) is 23.5 Å². The van der Waals surface area contributed by atoms with Gasteiger partial charge in [-0.15, -0.1) is 11.3 Å². The number of hydrogen-bond donors (Lipinski definition) is 0. The predicted octanol–water partition coefficient (Wildman–Crippen LogP) is 4.06. The third kappa shape index (κ3) is 3.00. The largest absolute Gasteiger partial charge is 0.461 e. The molecule has 23 heavy (non-hydrogen) atoms. The quantitative estimate of drug-likeness (QED) is 0.676. The van der Waals surface area contributed by atoms with E-state index in [0.29, 0.717) is 5.69 Å². The second-order valence-corrected chi connectivity index (χ2v) is 5.57. The van der Waals surface area contributed by atoms with Crippen LogP contribution in [0.3, 0.4) is 0 Å². The first-order valence-electron chi connectivity index (χ1n) is 6.86. The molecule has 3 rings (SSSR count). The highest BCUT2D eigenvalue weighted by Gasteiger charge is 2.21. The minimum Gasteiger partial charge on any atom is -0.461 e. The van der Waals surface area contributed by atoms with Crippen molar-refractivity contribution in [3.05, 3.63) is 59.1 Å². The third-order valence-corrected chi connectivity index (χ3v) is 4.00. The van der Waals surface area contributed by atoms with E-state index >= 15 is 0 Å². The molecule has 2 aromatic heterocycles. The van der Waals surface area contributed by atoms with E-state index in [2.05, 4.69) is 5.10 Å². The van der Waals surface area contributed by atoms with E-state index in [-0.39, 0.29) is 18.0 Å². The number of esters is 1. The van der Waals surface area contributed by atoms with Crippen molar-refractivity contribution in [2.75, 3.05) is 6.61 Å². The first-order valence-corrected chi connectivity index (χ1v) is 7.74. The van der Waals surface area contributed by atoms with Crippen LogP contribution in [0.25, 0.3) is 16.3 Å². The molecule has 0 saturated heterocycles. The molecule has 118 valence electrons. The molecule has 1 aromatic carbocycles. The second kappa shape index (κ2) is 6.29. The van der Waals surface area contributed by atoms with Gasteiger partial charge in [0.2, 0.25) is 0 Å². The minimum atomic E-state index is -0.809. The summed E-state index contributed by atoms with van der Waals surface area (Å²) in [5.41, 5.74) is 0.588. The normalized spacial score (nSPS) is 10.7. The van der Waals surface area contributed by atoms with Gasteiger partial charge in [-0.3, -0.25) is 0 Å². The molecule has 3 aromatic rings. The molecule has 0 unspecified atom stereocenters. The number of ether oxygens (including phenoxy) is 1. The summed E-state index contributed by atoms with van der Waals surface area (Å²) < 4.78 is 33.3. The van der Waals surface area contributed by atoms with Crippen molar-refractivity contribution in [1.82, 2.24) is 9.78 Å². The van der Waals surface area contributed by atoms with Gasteiger partial charge < -0.3 is 4.74 Å². The van der Waals surface area contributed by atoms with Gasteiger partial charge in [-0.1, -0.05) is 6.07 Å². The average Bonchev–Trinajstić information content (AvgIpc) is 3.16. The molecule has 0 atom stereocenters. The van der Waals surface area contributed by atoms with Crippen molar-refractivity contribution in [3.8, 4) is 16.3 Å². The van der Waals surface area contributed by atoms with Gasteiger partial charge in [-0.05, 0) is 30.5 Å². The number of benzene rings is 1. The van der Waals surface area contributed by atoms with Gasteiger partial charge in [-0.2, -0.15) is 5.10 Å². The zero-order valence-electron chi connectivity index (χ0n) is 12.1. The molecule has 0 aliphatic carbocycles. The van der Waals surface area contributed by atoms with Gasteiger partial charge in [0.25, 0.3) is 0 Å². The summed E-state index contributed by atoms with van der Waals surface area (Å²) in [6, 6.07) is 8.32. The lowest BCUT2D eigenvalue weighted by atomic mass is 10.2. The first kappa shape index (κ1) is 15.4. The molecule has 0 amide bonds. The number of carbonyl (C=O) groups excluding carboxylic acids is 1. The molecule has 0 fully saturated rings. The Labute approximate surface area is 134 Å². The van der Waals surface area contributed by atoms with Crippen LogP contribution in [0.15, 0.2) is 41.8 Å². The molecule has 0 aliphatic rings. The average molecular weight is 334 g/mol. The predicted molar refractivity (Wildman–Crippen MR) is 82.7 cm³/mol. The van der Waals surface area contributed by atoms with E-state index in [1.807, 2.05) is 17.5 Å². The standard InChI is InChI=1S/C16H12F2N2O2S/c1-2-22-16(21)14-9-12(15-4-3-7-23-15)19-20(14)13-6-5-10(17)8-11(13)18/h3-9H,2H2,1H3. The maximum Gasteiger partial charge on any atom is 0.357 e. The highest BCUT2D eigenvalue weighted by Crippen LogP contribution is 2.27. The summed E-state index contributed by atoms with van der Waals surface area (Å²) in [5.74, 6) is -2.13. The highest BCUT2D eigenvalue weighted by molar-refractivity contribution is 7.13. The molecular formula is C16H12F2N2O2S. The van der Waals surface area contributed by atoms with Crippen LogP contribution in [-0.2, 0) is 4.74 Å². The maximum absolute atomic E-state index is 14.1. The number of halogens is 2. The summed E-state index contributed by atoms with van der Waals surface area (Å²) in [6.45, 7) is 1.86. The fourth-order valence-electron chi connectivity index (χ4n) is 2.11. The molecule has 0 bridgehead atoms. The van der Waals surface area contributed by atoms with E-state index < -0.39 is 17.6 Å². The molecule has 0 radical (unpaired) electrons. The van der Waals surface area contributed by atoms with Crippen molar-refractivity contribution >= 4 is 17.3 Å². The molecule has 0 aliphatic heterocycles. The number of rotatable bonds is 4. The fraction of sp³-hybridized carbons (Fsp3) is 0.125. The Balaban J connectivity index is 2.15. The SMILES string of the molecule is CCOC(=O)c1cc(-c2cccs2)nn1-c1ccc(F)cc1F. The number of aromatic nitrogens is 2. The number of thiophene rings is 1. The van der Waals surface area contributed by atoms with Crippen LogP contribution < -0.4 is 0 Å². The molecule has 2 heterocycles. The lowest BCUT2D eigenvalue weighted by molar-refractivity contribution is 0.0515. The van der Waals surface area contributed by atoms with Gasteiger partial charge in [0.15, 0.2) is 11.5 Å². The topological polar surface area (TPSA) is 44.1 Å². The molecular weight excluding hydrogens is 322 g/mol. The monoisotopic (exact) mass is 334 g/mol. The van der Waals surface area contributed by atoms with Crippen molar-refractivity contribution in [3.63, 3.8) is 0 Å². The Bertz CT molecular complexity index is 844. The van der Waals surface area contributed by atoms with Gasteiger partial charge >= 0.3 is 5.97 Å². The lowest BCUT2D eigenvalue weighted by Crippen LogP contribution is -2.13. The van der Waals surface area contributed by atoms with E-state index in [0.717, 1.165) is 21.7 Å². The second-order valence-electron chi connectivity index (χ2n) is 4.62. The van der Waals surface area contributed by atoms with Gasteiger partial charge in [0.05, 0.1) is 11.5 Å². The van der Waals surface area contributed by atoms with Gasteiger partial charge in [-0.25, -0.2) is 18.3 Å². The van der Waals surface area contributed by atoms with E-state index in [1.54, 1.807) is 6.92 Å². The number of hydrogen-bond acceptors (Lipinski definition) is 4. The van der Waals surface area contributed by atoms with Crippen LogP contribution in [0.4, 0.5) is 8.78 Å². The van der Waals surface area contributed by atoms with Crippen LogP contribution in [0.5, 0.6) is 0 Å². The number of nitrogens with zero attached hydrogens (tertiary/aromatic N) is 2. The Morgan fingerprint density at radius 1 is 1.30 bits per heavy atom. The Hall–Kier alpha value is -2.54. The van der Waals surface area contributed by atoms with Crippen LogP contribution in [0, 0.1) is 11.6 Å². The summed E-state index contributed by atoms with van der Waals surface area (Å²) in [4.78, 5) is 13.0.